The predicted octanol–water partition coefficient (Wildman–Crippen LogP) is 10.4. The molecule has 0 amide bonds. The van der Waals surface area contributed by atoms with Crippen molar-refractivity contribution in [3.63, 3.8) is 0 Å². The minimum absolute atomic E-state index is 0.203. The van der Waals surface area contributed by atoms with E-state index in [1.165, 1.54) is 69.8 Å². The third-order valence-corrected chi connectivity index (χ3v) is 9.11. The third kappa shape index (κ3) is 9.22. The number of carbonyl (C=O) groups is 1. The first-order valence-corrected chi connectivity index (χ1v) is 16.4. The van der Waals surface area contributed by atoms with E-state index in [1.54, 1.807) is 0 Å². The van der Waals surface area contributed by atoms with Crippen LogP contribution >= 0.6 is 0 Å². The van der Waals surface area contributed by atoms with Gasteiger partial charge in [-0.25, -0.2) is 0 Å². The van der Waals surface area contributed by atoms with Gasteiger partial charge in [0.25, 0.3) is 0 Å². The SMILES string of the molecule is CCCCCCCCCc1ccc(C2(C(=O)Oc3ccc(CC(CC)CCCC)cc3C#N)CCCCC2)cc1. The van der Waals surface area contributed by atoms with Crippen LogP contribution in [0.2, 0.25) is 0 Å². The fraction of sp³-hybridized carbons (Fsp3) is 0.622. The number of carbonyl (C=O) groups excluding carboxylic acids is 1. The van der Waals surface area contributed by atoms with Gasteiger partial charge in [0, 0.05) is 0 Å². The maximum absolute atomic E-state index is 13.9. The fourth-order valence-corrected chi connectivity index (χ4v) is 6.40. The Morgan fingerprint density at radius 1 is 0.850 bits per heavy atom. The number of aryl methyl sites for hydroxylation is 1. The Balaban J connectivity index is 1.68. The number of nitrogens with zero attached hydrogens (tertiary/aromatic N) is 1. The zero-order valence-electron chi connectivity index (χ0n) is 25.6. The van der Waals surface area contributed by atoms with Gasteiger partial charge in [-0.3, -0.25) is 4.79 Å². The van der Waals surface area contributed by atoms with Crippen LogP contribution in [0.4, 0.5) is 0 Å². The molecule has 0 heterocycles. The monoisotopic (exact) mass is 543 g/mol. The summed E-state index contributed by atoms with van der Waals surface area (Å²) in [4.78, 5) is 13.9. The standard InChI is InChI=1S/C37H53NO2/c1-4-7-9-10-11-12-14-18-31-19-22-34(23-20-31)37(25-15-13-16-26-37)36(39)40-35-24-21-32(28-33(35)29-38)27-30(6-3)17-8-5-2/h19-24,28,30H,4-18,25-27H2,1-3H3. The highest BCUT2D eigenvalue weighted by atomic mass is 16.5. The molecule has 1 atom stereocenters. The highest BCUT2D eigenvalue weighted by molar-refractivity contribution is 5.85. The van der Waals surface area contributed by atoms with Crippen LogP contribution in [-0.4, -0.2) is 5.97 Å². The molecule has 3 nitrogen and oxygen atoms in total. The first-order chi connectivity index (χ1) is 19.6. The highest BCUT2D eigenvalue weighted by Gasteiger charge is 2.43. The topological polar surface area (TPSA) is 50.1 Å². The number of ether oxygens (including phenoxy) is 1. The van der Waals surface area contributed by atoms with Gasteiger partial charge in [0.1, 0.15) is 11.8 Å². The summed E-state index contributed by atoms with van der Waals surface area (Å²) in [5.74, 6) is 0.822. The first kappa shape index (κ1) is 31.9. The number of esters is 1. The van der Waals surface area contributed by atoms with Gasteiger partial charge < -0.3 is 4.74 Å². The molecule has 2 aromatic carbocycles. The maximum Gasteiger partial charge on any atom is 0.321 e. The lowest BCUT2D eigenvalue weighted by Gasteiger charge is -2.35. The molecule has 40 heavy (non-hydrogen) atoms. The summed E-state index contributed by atoms with van der Waals surface area (Å²) in [6, 6.07) is 16.9. The van der Waals surface area contributed by atoms with Crippen molar-refractivity contribution in [2.75, 3.05) is 0 Å². The van der Waals surface area contributed by atoms with E-state index in [2.05, 4.69) is 51.1 Å². The minimum Gasteiger partial charge on any atom is -0.424 e. The van der Waals surface area contributed by atoms with Crippen LogP contribution in [0.25, 0.3) is 0 Å². The summed E-state index contributed by atoms with van der Waals surface area (Å²) in [6.45, 7) is 6.74. The lowest BCUT2D eigenvalue weighted by atomic mass is 9.69. The fourth-order valence-electron chi connectivity index (χ4n) is 6.40. The second-order valence-corrected chi connectivity index (χ2v) is 12.2. The molecule has 3 heteroatoms. The molecule has 1 saturated carbocycles. The molecule has 0 N–H and O–H groups in total. The molecule has 0 saturated heterocycles. The van der Waals surface area contributed by atoms with Crippen molar-refractivity contribution in [3.8, 4) is 11.8 Å². The molecule has 2 aromatic rings. The van der Waals surface area contributed by atoms with Crippen LogP contribution in [-0.2, 0) is 23.1 Å². The number of unbranched alkanes of at least 4 members (excludes halogenated alkanes) is 7. The molecule has 1 aliphatic carbocycles. The summed E-state index contributed by atoms with van der Waals surface area (Å²) in [5, 5.41) is 9.91. The van der Waals surface area contributed by atoms with Crippen LogP contribution in [0, 0.1) is 17.2 Å². The van der Waals surface area contributed by atoms with Gasteiger partial charge in [-0.1, -0.05) is 135 Å². The normalized spacial score (nSPS) is 15.3. The summed E-state index contributed by atoms with van der Waals surface area (Å²) < 4.78 is 6.07. The summed E-state index contributed by atoms with van der Waals surface area (Å²) in [6.07, 6.45) is 20.9. The average molecular weight is 544 g/mol. The van der Waals surface area contributed by atoms with E-state index in [-0.39, 0.29) is 5.97 Å². The van der Waals surface area contributed by atoms with Crippen molar-refractivity contribution >= 4 is 5.97 Å². The zero-order valence-corrected chi connectivity index (χ0v) is 25.6. The van der Waals surface area contributed by atoms with Crippen molar-refractivity contribution in [2.45, 2.75) is 142 Å². The molecular formula is C37H53NO2. The van der Waals surface area contributed by atoms with E-state index in [1.807, 2.05) is 18.2 Å². The molecule has 0 aromatic heterocycles. The summed E-state index contributed by atoms with van der Waals surface area (Å²) >= 11 is 0. The smallest absolute Gasteiger partial charge is 0.321 e. The first-order valence-electron chi connectivity index (χ1n) is 16.4. The lowest BCUT2D eigenvalue weighted by molar-refractivity contribution is -0.142. The van der Waals surface area contributed by atoms with Crippen LogP contribution < -0.4 is 4.74 Å². The molecule has 1 fully saturated rings. The van der Waals surface area contributed by atoms with Crippen molar-refractivity contribution in [3.05, 3.63) is 64.7 Å². The summed E-state index contributed by atoms with van der Waals surface area (Å²) in [7, 11) is 0. The number of benzene rings is 2. The molecular weight excluding hydrogens is 490 g/mol. The molecule has 0 radical (unpaired) electrons. The largest absolute Gasteiger partial charge is 0.424 e. The predicted molar refractivity (Wildman–Crippen MR) is 167 cm³/mol. The van der Waals surface area contributed by atoms with Gasteiger partial charge in [0.05, 0.1) is 11.0 Å². The highest BCUT2D eigenvalue weighted by Crippen LogP contribution is 2.41. The number of rotatable bonds is 17. The molecule has 1 aliphatic rings. The Morgan fingerprint density at radius 3 is 2.15 bits per heavy atom. The van der Waals surface area contributed by atoms with E-state index < -0.39 is 5.41 Å². The van der Waals surface area contributed by atoms with Crippen molar-refractivity contribution in [1.29, 1.82) is 5.26 Å². The van der Waals surface area contributed by atoms with Crippen LogP contribution in [0.15, 0.2) is 42.5 Å². The van der Waals surface area contributed by atoms with Crippen molar-refractivity contribution < 1.29 is 9.53 Å². The van der Waals surface area contributed by atoms with Crippen LogP contribution in [0.5, 0.6) is 5.75 Å². The van der Waals surface area contributed by atoms with Gasteiger partial charge in [-0.05, 0) is 66.8 Å². The van der Waals surface area contributed by atoms with Gasteiger partial charge in [-0.15, -0.1) is 0 Å². The Hall–Kier alpha value is -2.60. The van der Waals surface area contributed by atoms with Crippen molar-refractivity contribution in [1.82, 2.24) is 0 Å². The lowest BCUT2D eigenvalue weighted by Crippen LogP contribution is -2.41. The molecule has 1 unspecified atom stereocenters. The number of nitriles is 1. The number of hydrogen-bond acceptors (Lipinski definition) is 3. The Kier molecular flexibility index (Phi) is 13.8. The minimum atomic E-state index is -0.630. The van der Waals surface area contributed by atoms with E-state index >= 15 is 0 Å². The van der Waals surface area contributed by atoms with Crippen molar-refractivity contribution in [2.24, 2.45) is 5.92 Å². The molecule has 218 valence electrons. The zero-order chi connectivity index (χ0) is 28.6. The molecule has 0 spiro atoms. The molecule has 0 aliphatic heterocycles. The Labute approximate surface area is 244 Å². The van der Waals surface area contributed by atoms with E-state index in [0.29, 0.717) is 17.2 Å². The van der Waals surface area contributed by atoms with Gasteiger partial charge in [0.15, 0.2) is 0 Å². The van der Waals surface area contributed by atoms with E-state index in [9.17, 15) is 10.1 Å². The van der Waals surface area contributed by atoms with E-state index in [0.717, 1.165) is 62.5 Å². The van der Waals surface area contributed by atoms with E-state index in [4.69, 9.17) is 4.74 Å². The molecule has 0 bridgehead atoms. The quantitative estimate of drug-likeness (QED) is 0.113. The summed E-state index contributed by atoms with van der Waals surface area (Å²) in [5.41, 5.74) is 3.41. The van der Waals surface area contributed by atoms with Crippen LogP contribution in [0.3, 0.4) is 0 Å². The van der Waals surface area contributed by atoms with Crippen LogP contribution in [0.1, 0.15) is 146 Å². The number of hydrogen-bond donors (Lipinski definition) is 0. The Morgan fingerprint density at radius 2 is 1.50 bits per heavy atom. The third-order valence-electron chi connectivity index (χ3n) is 9.11. The maximum atomic E-state index is 13.9. The second kappa shape index (κ2) is 17.3. The van der Waals surface area contributed by atoms with Gasteiger partial charge in [-0.2, -0.15) is 5.26 Å². The molecule has 3 rings (SSSR count). The Bertz CT molecular complexity index is 1060. The average Bonchev–Trinajstić information content (AvgIpc) is 3.00. The van der Waals surface area contributed by atoms with Gasteiger partial charge >= 0.3 is 5.97 Å². The van der Waals surface area contributed by atoms with Gasteiger partial charge in [0.2, 0.25) is 0 Å². The second-order valence-electron chi connectivity index (χ2n) is 12.2.